The van der Waals surface area contributed by atoms with E-state index in [1.54, 1.807) is 0 Å². The van der Waals surface area contributed by atoms with Crippen LogP contribution in [0.25, 0.3) is 23.3 Å². The van der Waals surface area contributed by atoms with Gasteiger partial charge in [-0.25, -0.2) is 0 Å². The maximum Gasteiger partial charge on any atom is 0.142 e. The van der Waals surface area contributed by atoms with Crippen LogP contribution in [0.3, 0.4) is 0 Å². The highest BCUT2D eigenvalue weighted by atomic mass is 79.9. The number of fused-ring (bicyclic) bond motifs is 2. The van der Waals surface area contributed by atoms with Gasteiger partial charge < -0.3 is 5.11 Å². The topological polar surface area (TPSA) is 20.2 Å². The summed E-state index contributed by atoms with van der Waals surface area (Å²) in [6, 6.07) is 32.6. The van der Waals surface area contributed by atoms with Gasteiger partial charge in [0, 0.05) is 15.6 Å². The molecule has 0 radical (unpaired) electrons. The van der Waals surface area contributed by atoms with Crippen LogP contribution in [0.15, 0.2) is 102 Å². The van der Waals surface area contributed by atoms with E-state index in [9.17, 15) is 5.11 Å². The summed E-state index contributed by atoms with van der Waals surface area (Å²) in [5, 5.41) is 12.5. The van der Waals surface area contributed by atoms with Crippen molar-refractivity contribution < 1.29 is 5.11 Å². The third-order valence-corrected chi connectivity index (χ3v) is 6.09. The first kappa shape index (κ1) is 18.1. The predicted octanol–water partition coefficient (Wildman–Crippen LogP) is 6.88. The molecule has 2 heteroatoms. The second kappa shape index (κ2) is 7.14. The quantitative estimate of drug-likeness (QED) is 0.361. The molecule has 0 saturated carbocycles. The first-order valence-corrected chi connectivity index (χ1v) is 10.4. The zero-order chi connectivity index (χ0) is 19.8. The molecule has 0 aromatic heterocycles. The highest BCUT2D eigenvalue weighted by molar-refractivity contribution is 9.10. The Morgan fingerprint density at radius 2 is 1.21 bits per heavy atom. The Morgan fingerprint density at radius 1 is 0.586 bits per heavy atom. The van der Waals surface area contributed by atoms with Crippen molar-refractivity contribution in [3.05, 3.63) is 129 Å². The van der Waals surface area contributed by atoms with Gasteiger partial charge in [-0.05, 0) is 39.9 Å². The van der Waals surface area contributed by atoms with Gasteiger partial charge in [0.25, 0.3) is 0 Å². The maximum absolute atomic E-state index is 12.5. The summed E-state index contributed by atoms with van der Waals surface area (Å²) >= 11 is 3.61. The van der Waals surface area contributed by atoms with Gasteiger partial charge in [-0.3, -0.25) is 0 Å². The van der Waals surface area contributed by atoms with Crippen LogP contribution in [-0.2, 0) is 5.60 Å². The van der Waals surface area contributed by atoms with Crippen molar-refractivity contribution in [1.82, 2.24) is 0 Å². The molecule has 1 N–H and O–H groups in total. The summed E-state index contributed by atoms with van der Waals surface area (Å²) in [6.45, 7) is 0. The van der Waals surface area contributed by atoms with Gasteiger partial charge in [-0.2, -0.15) is 0 Å². The smallest absolute Gasteiger partial charge is 0.142 e. The van der Waals surface area contributed by atoms with Crippen LogP contribution < -0.4 is 0 Å². The summed E-state index contributed by atoms with van der Waals surface area (Å²) in [5.41, 5.74) is 5.49. The van der Waals surface area contributed by atoms with Gasteiger partial charge in [0.05, 0.1) is 0 Å². The van der Waals surface area contributed by atoms with Gasteiger partial charge >= 0.3 is 0 Å². The van der Waals surface area contributed by atoms with E-state index in [2.05, 4.69) is 58.4 Å². The lowest BCUT2D eigenvalue weighted by Crippen LogP contribution is -2.31. The monoisotopic (exact) mass is 438 g/mol. The average Bonchev–Trinajstić information content (AvgIpc) is 2.90. The molecule has 29 heavy (non-hydrogen) atoms. The second-order valence-corrected chi connectivity index (χ2v) is 8.19. The second-order valence-electron chi connectivity index (χ2n) is 7.27. The summed E-state index contributed by atoms with van der Waals surface area (Å²) < 4.78 is 0.944. The number of halogens is 1. The van der Waals surface area contributed by atoms with E-state index in [0.29, 0.717) is 0 Å². The molecule has 0 saturated heterocycles. The number of aliphatic hydroxyl groups is 1. The lowest BCUT2D eigenvalue weighted by Gasteiger charge is -2.33. The predicted molar refractivity (Wildman–Crippen MR) is 123 cm³/mol. The Kier molecular flexibility index (Phi) is 4.46. The van der Waals surface area contributed by atoms with Crippen LogP contribution in [0.4, 0.5) is 0 Å². The molecule has 1 nitrogen and oxygen atoms in total. The summed E-state index contributed by atoms with van der Waals surface area (Å²) in [5.74, 6) is 0. The molecule has 0 fully saturated rings. The van der Waals surface area contributed by atoms with Crippen molar-refractivity contribution in [2.24, 2.45) is 0 Å². The molecule has 0 spiro atoms. The molecule has 1 aliphatic rings. The van der Waals surface area contributed by atoms with Crippen LogP contribution in [-0.4, -0.2) is 5.11 Å². The van der Waals surface area contributed by atoms with Gasteiger partial charge in [0.2, 0.25) is 0 Å². The molecule has 0 bridgehead atoms. The Balaban J connectivity index is 1.89. The molecule has 140 valence electrons. The maximum atomic E-state index is 12.5. The molecule has 0 aliphatic heterocycles. The van der Waals surface area contributed by atoms with Crippen LogP contribution >= 0.6 is 15.9 Å². The van der Waals surface area contributed by atoms with E-state index >= 15 is 0 Å². The van der Waals surface area contributed by atoms with Crippen LogP contribution in [0.1, 0.15) is 27.8 Å². The highest BCUT2D eigenvalue weighted by Gasteiger charge is 2.39. The summed E-state index contributed by atoms with van der Waals surface area (Å²) in [6.07, 6.45) is 4.18. The fourth-order valence-corrected chi connectivity index (χ4v) is 4.60. The minimum atomic E-state index is -1.29. The average molecular weight is 439 g/mol. The Labute approximate surface area is 179 Å². The molecular formula is C27H19BrO. The first-order chi connectivity index (χ1) is 14.2. The fraction of sp³-hybridized carbons (Fsp3) is 0.0370. The minimum absolute atomic E-state index is 0.872. The van der Waals surface area contributed by atoms with E-state index in [-0.39, 0.29) is 0 Å². The number of rotatable bonds is 2. The van der Waals surface area contributed by atoms with E-state index < -0.39 is 5.60 Å². The van der Waals surface area contributed by atoms with Gasteiger partial charge in [0.15, 0.2) is 0 Å². The zero-order valence-electron chi connectivity index (χ0n) is 15.7. The fourth-order valence-electron chi connectivity index (χ4n) is 4.24. The molecular weight excluding hydrogens is 420 g/mol. The lowest BCUT2D eigenvalue weighted by molar-refractivity contribution is 0.126. The Morgan fingerprint density at radius 3 is 2.00 bits per heavy atom. The van der Waals surface area contributed by atoms with E-state index in [1.165, 1.54) is 0 Å². The molecule has 4 aromatic rings. The SMILES string of the molecule is OC1(c2ccccc2-c2ccccc2)c2ccccc2C=Cc2ccc(Br)cc21. The van der Waals surface area contributed by atoms with Crippen LogP contribution in [0, 0.1) is 0 Å². The molecule has 1 atom stereocenters. The third-order valence-electron chi connectivity index (χ3n) is 5.60. The molecule has 5 rings (SSSR count). The standard InChI is InChI=1S/C27H19BrO/c28-22-17-16-21-15-14-20-10-4-6-12-24(20)27(29,26(21)18-22)25-13-7-5-11-23(25)19-8-2-1-3-9-19/h1-18,29H. The lowest BCUT2D eigenvalue weighted by atomic mass is 9.75. The van der Waals surface area contributed by atoms with E-state index in [0.717, 1.165) is 43.4 Å². The van der Waals surface area contributed by atoms with Crippen molar-refractivity contribution in [3.63, 3.8) is 0 Å². The summed E-state index contributed by atoms with van der Waals surface area (Å²) in [4.78, 5) is 0. The Hall–Kier alpha value is -2.94. The zero-order valence-corrected chi connectivity index (χ0v) is 17.3. The molecule has 1 aliphatic carbocycles. The van der Waals surface area contributed by atoms with Crippen molar-refractivity contribution in [2.45, 2.75) is 5.60 Å². The number of hydrogen-bond acceptors (Lipinski definition) is 1. The Bertz CT molecular complexity index is 1230. The number of hydrogen-bond donors (Lipinski definition) is 1. The third kappa shape index (κ3) is 2.96. The van der Waals surface area contributed by atoms with Crippen LogP contribution in [0.2, 0.25) is 0 Å². The van der Waals surface area contributed by atoms with Crippen molar-refractivity contribution in [1.29, 1.82) is 0 Å². The largest absolute Gasteiger partial charge is 0.376 e. The number of benzene rings is 4. The van der Waals surface area contributed by atoms with Gasteiger partial charge in [0.1, 0.15) is 5.60 Å². The van der Waals surface area contributed by atoms with E-state index in [1.807, 2.05) is 66.7 Å². The van der Waals surface area contributed by atoms with Gasteiger partial charge in [-0.15, -0.1) is 0 Å². The summed E-state index contributed by atoms with van der Waals surface area (Å²) in [7, 11) is 0. The van der Waals surface area contributed by atoms with Crippen molar-refractivity contribution in [2.75, 3.05) is 0 Å². The first-order valence-electron chi connectivity index (χ1n) is 9.63. The molecule has 4 aromatic carbocycles. The van der Waals surface area contributed by atoms with Crippen molar-refractivity contribution >= 4 is 28.1 Å². The molecule has 1 unspecified atom stereocenters. The van der Waals surface area contributed by atoms with Gasteiger partial charge in [-0.1, -0.05) is 113 Å². The molecule has 0 heterocycles. The van der Waals surface area contributed by atoms with E-state index in [4.69, 9.17) is 0 Å². The van der Waals surface area contributed by atoms with Crippen molar-refractivity contribution in [3.8, 4) is 11.1 Å². The van der Waals surface area contributed by atoms with Crippen LogP contribution in [0.5, 0.6) is 0 Å². The normalized spacial score (nSPS) is 17.3. The molecule has 0 amide bonds. The highest BCUT2D eigenvalue weighted by Crippen LogP contribution is 2.46. The minimum Gasteiger partial charge on any atom is -0.376 e.